The van der Waals surface area contributed by atoms with Gasteiger partial charge in [-0.05, 0) is 88.0 Å². The Bertz CT molecular complexity index is 1390. The van der Waals surface area contributed by atoms with Crippen molar-refractivity contribution < 1.29 is 0 Å². The van der Waals surface area contributed by atoms with E-state index in [2.05, 4.69) is 156 Å². The number of para-hydroxylation sites is 2. The van der Waals surface area contributed by atoms with Crippen LogP contribution in [0.15, 0.2) is 120 Å². The summed E-state index contributed by atoms with van der Waals surface area (Å²) >= 11 is 1.72. The standard InChI is InChI=1S/C33H27NS/c1-26-23-28(17-19-30(26)20-18-29-21-22-35-25-29)16-15-27-9-8-14-33(24-27)34(31-10-4-2-5-11-31)32-12-6-3-7-13-32/h2-25H,1H3. The zero-order chi connectivity index (χ0) is 23.9. The second kappa shape index (κ2) is 10.9. The van der Waals surface area contributed by atoms with Crippen molar-refractivity contribution in [2.75, 3.05) is 4.90 Å². The lowest BCUT2D eigenvalue weighted by atomic mass is 10.0. The molecule has 0 amide bonds. The Balaban J connectivity index is 1.40. The fourth-order valence-electron chi connectivity index (χ4n) is 4.11. The Labute approximate surface area is 212 Å². The Kier molecular flexibility index (Phi) is 7.02. The SMILES string of the molecule is Cc1cc(C=Cc2cccc(N(c3ccccc3)c3ccccc3)c2)ccc1C=Cc1ccsc1. The van der Waals surface area contributed by atoms with Gasteiger partial charge in [-0.1, -0.05) is 91.0 Å². The maximum atomic E-state index is 2.29. The minimum atomic E-state index is 1.13. The van der Waals surface area contributed by atoms with Crippen molar-refractivity contribution in [2.45, 2.75) is 6.92 Å². The predicted octanol–water partition coefficient (Wildman–Crippen LogP) is 9.87. The van der Waals surface area contributed by atoms with Crippen molar-refractivity contribution in [3.8, 4) is 0 Å². The van der Waals surface area contributed by atoms with Crippen LogP contribution in [-0.2, 0) is 0 Å². The Morgan fingerprint density at radius 1 is 0.543 bits per heavy atom. The van der Waals surface area contributed by atoms with Gasteiger partial charge in [-0.15, -0.1) is 0 Å². The van der Waals surface area contributed by atoms with Crippen molar-refractivity contribution in [1.29, 1.82) is 0 Å². The molecule has 35 heavy (non-hydrogen) atoms. The zero-order valence-corrected chi connectivity index (χ0v) is 20.5. The lowest BCUT2D eigenvalue weighted by molar-refractivity contribution is 1.28. The topological polar surface area (TPSA) is 3.24 Å². The summed E-state index contributed by atoms with van der Waals surface area (Å²) in [6.07, 6.45) is 8.74. The van der Waals surface area contributed by atoms with Gasteiger partial charge in [0.2, 0.25) is 0 Å². The van der Waals surface area contributed by atoms with Gasteiger partial charge in [-0.25, -0.2) is 0 Å². The number of aryl methyl sites for hydroxylation is 1. The summed E-state index contributed by atoms with van der Waals surface area (Å²) in [4.78, 5) is 2.29. The Morgan fingerprint density at radius 3 is 1.80 bits per heavy atom. The van der Waals surface area contributed by atoms with Crippen molar-refractivity contribution in [3.05, 3.63) is 148 Å². The molecule has 5 aromatic rings. The molecule has 0 aliphatic rings. The van der Waals surface area contributed by atoms with Crippen molar-refractivity contribution in [1.82, 2.24) is 0 Å². The van der Waals surface area contributed by atoms with Crippen LogP contribution in [0.5, 0.6) is 0 Å². The normalized spacial score (nSPS) is 11.3. The number of hydrogen-bond acceptors (Lipinski definition) is 2. The summed E-state index contributed by atoms with van der Waals surface area (Å²) in [6, 6.07) is 38.4. The van der Waals surface area contributed by atoms with Crippen LogP contribution in [-0.4, -0.2) is 0 Å². The highest BCUT2D eigenvalue weighted by Gasteiger charge is 2.11. The molecule has 1 heterocycles. The molecule has 0 bridgehead atoms. The minimum Gasteiger partial charge on any atom is -0.310 e. The van der Waals surface area contributed by atoms with Crippen LogP contribution in [0.2, 0.25) is 0 Å². The molecule has 170 valence electrons. The second-order valence-corrected chi connectivity index (χ2v) is 9.22. The lowest BCUT2D eigenvalue weighted by Gasteiger charge is -2.25. The molecule has 0 aliphatic carbocycles. The first-order chi connectivity index (χ1) is 17.3. The second-order valence-electron chi connectivity index (χ2n) is 8.44. The number of thiophene rings is 1. The van der Waals surface area contributed by atoms with Crippen LogP contribution < -0.4 is 4.90 Å². The quantitative estimate of drug-likeness (QED) is 0.214. The third-order valence-corrected chi connectivity index (χ3v) is 6.62. The number of benzene rings is 4. The van der Waals surface area contributed by atoms with Crippen LogP contribution in [0.25, 0.3) is 24.3 Å². The van der Waals surface area contributed by atoms with E-state index < -0.39 is 0 Å². The molecule has 4 aromatic carbocycles. The number of nitrogens with zero attached hydrogens (tertiary/aromatic N) is 1. The highest BCUT2D eigenvalue weighted by molar-refractivity contribution is 7.08. The molecule has 0 saturated carbocycles. The molecular weight excluding hydrogens is 442 g/mol. The summed E-state index contributed by atoms with van der Waals surface area (Å²) in [6.45, 7) is 2.17. The van der Waals surface area contributed by atoms with E-state index in [-0.39, 0.29) is 0 Å². The summed E-state index contributed by atoms with van der Waals surface area (Å²) in [5.74, 6) is 0. The number of rotatable bonds is 7. The van der Waals surface area contributed by atoms with E-state index in [4.69, 9.17) is 0 Å². The van der Waals surface area contributed by atoms with Gasteiger partial charge in [0.15, 0.2) is 0 Å². The molecule has 2 heteroatoms. The van der Waals surface area contributed by atoms with Crippen LogP contribution >= 0.6 is 11.3 Å². The van der Waals surface area contributed by atoms with E-state index in [1.54, 1.807) is 11.3 Å². The van der Waals surface area contributed by atoms with Gasteiger partial charge in [0.1, 0.15) is 0 Å². The van der Waals surface area contributed by atoms with Crippen LogP contribution in [0.4, 0.5) is 17.1 Å². The number of anilines is 3. The van der Waals surface area contributed by atoms with Gasteiger partial charge in [0.05, 0.1) is 0 Å². The molecule has 1 nitrogen and oxygen atoms in total. The van der Waals surface area contributed by atoms with E-state index >= 15 is 0 Å². The maximum Gasteiger partial charge on any atom is 0.0467 e. The van der Waals surface area contributed by atoms with Crippen molar-refractivity contribution in [3.63, 3.8) is 0 Å². The first-order valence-corrected chi connectivity index (χ1v) is 12.7. The molecule has 0 radical (unpaired) electrons. The lowest BCUT2D eigenvalue weighted by Crippen LogP contribution is -2.09. The Hall–Kier alpha value is -4.14. The molecular formula is C33H27NS. The van der Waals surface area contributed by atoms with Crippen molar-refractivity contribution >= 4 is 52.7 Å². The van der Waals surface area contributed by atoms with Gasteiger partial charge in [-0.3, -0.25) is 0 Å². The van der Waals surface area contributed by atoms with Gasteiger partial charge in [0.25, 0.3) is 0 Å². The molecule has 0 spiro atoms. The first-order valence-electron chi connectivity index (χ1n) is 11.8. The average Bonchev–Trinajstić information content (AvgIpc) is 3.42. The molecule has 0 unspecified atom stereocenters. The zero-order valence-electron chi connectivity index (χ0n) is 19.7. The molecule has 0 atom stereocenters. The molecule has 1 aromatic heterocycles. The van der Waals surface area contributed by atoms with E-state index in [1.165, 1.54) is 27.8 Å². The van der Waals surface area contributed by atoms with Crippen LogP contribution in [0.3, 0.4) is 0 Å². The Morgan fingerprint density at radius 2 is 1.17 bits per heavy atom. The maximum absolute atomic E-state index is 2.29. The van der Waals surface area contributed by atoms with E-state index in [0.29, 0.717) is 0 Å². The summed E-state index contributed by atoms with van der Waals surface area (Å²) in [5.41, 5.74) is 9.54. The molecule has 0 N–H and O–H groups in total. The smallest absolute Gasteiger partial charge is 0.0467 e. The van der Waals surface area contributed by atoms with Gasteiger partial charge in [0, 0.05) is 17.1 Å². The predicted molar refractivity (Wildman–Crippen MR) is 154 cm³/mol. The number of hydrogen-bond donors (Lipinski definition) is 0. The van der Waals surface area contributed by atoms with E-state index in [1.807, 2.05) is 0 Å². The third-order valence-electron chi connectivity index (χ3n) is 5.92. The fraction of sp³-hybridized carbons (Fsp3) is 0.0303. The highest BCUT2D eigenvalue weighted by atomic mass is 32.1. The monoisotopic (exact) mass is 469 g/mol. The third kappa shape index (κ3) is 5.68. The van der Waals surface area contributed by atoms with E-state index in [0.717, 1.165) is 17.1 Å². The minimum absolute atomic E-state index is 1.13. The highest BCUT2D eigenvalue weighted by Crippen LogP contribution is 2.34. The first kappa shape index (κ1) is 22.6. The van der Waals surface area contributed by atoms with Crippen molar-refractivity contribution in [2.24, 2.45) is 0 Å². The van der Waals surface area contributed by atoms with Crippen LogP contribution in [0, 0.1) is 6.92 Å². The van der Waals surface area contributed by atoms with Gasteiger partial charge >= 0.3 is 0 Å². The summed E-state index contributed by atoms with van der Waals surface area (Å²) < 4.78 is 0. The summed E-state index contributed by atoms with van der Waals surface area (Å²) in [7, 11) is 0. The average molecular weight is 470 g/mol. The fourth-order valence-corrected chi connectivity index (χ4v) is 4.74. The summed E-state index contributed by atoms with van der Waals surface area (Å²) in [5, 5.41) is 4.27. The van der Waals surface area contributed by atoms with Gasteiger partial charge in [-0.2, -0.15) is 11.3 Å². The molecule has 0 saturated heterocycles. The largest absolute Gasteiger partial charge is 0.310 e. The van der Waals surface area contributed by atoms with Crippen LogP contribution in [0.1, 0.15) is 27.8 Å². The van der Waals surface area contributed by atoms with E-state index in [9.17, 15) is 0 Å². The molecule has 0 fully saturated rings. The molecule has 5 rings (SSSR count). The van der Waals surface area contributed by atoms with Gasteiger partial charge < -0.3 is 4.90 Å². The molecule has 0 aliphatic heterocycles.